The van der Waals surface area contributed by atoms with Gasteiger partial charge in [0.2, 0.25) is 5.91 Å². The second-order valence-electron chi connectivity index (χ2n) is 7.77. The van der Waals surface area contributed by atoms with Crippen LogP contribution in [-0.2, 0) is 4.79 Å². The van der Waals surface area contributed by atoms with Crippen molar-refractivity contribution in [2.75, 3.05) is 11.4 Å². The average molecular weight is 418 g/mol. The standard InChI is InChI=1S/C24H20F2N4O/c25-17-3-1-4-18(26)24(17)21-11-10-19(27-21)15-6-8-16(9-7-15)20-12-13-22(29-28-20)30-14-2-5-23(30)31/h1,3-4,6-9,12-13,19H,2,5,10-11,14H2. The van der Waals surface area contributed by atoms with Gasteiger partial charge in [-0.1, -0.05) is 30.3 Å². The molecule has 0 radical (unpaired) electrons. The fourth-order valence-electron chi connectivity index (χ4n) is 4.18. The van der Waals surface area contributed by atoms with Crippen LogP contribution in [0.1, 0.15) is 42.9 Å². The summed E-state index contributed by atoms with van der Waals surface area (Å²) in [4.78, 5) is 18.1. The molecule has 0 saturated carbocycles. The van der Waals surface area contributed by atoms with Crippen molar-refractivity contribution in [1.82, 2.24) is 10.2 Å². The van der Waals surface area contributed by atoms with Gasteiger partial charge in [-0.2, -0.15) is 0 Å². The Bertz CT molecular complexity index is 1140. The molecule has 156 valence electrons. The number of carbonyl (C=O) groups excluding carboxylic acids is 1. The van der Waals surface area contributed by atoms with Gasteiger partial charge in [0.15, 0.2) is 5.82 Å². The lowest BCUT2D eigenvalue weighted by Gasteiger charge is -2.13. The zero-order chi connectivity index (χ0) is 21.4. The van der Waals surface area contributed by atoms with Gasteiger partial charge in [-0.3, -0.25) is 14.7 Å². The molecule has 2 aliphatic heterocycles. The van der Waals surface area contributed by atoms with E-state index in [0.29, 0.717) is 43.0 Å². The lowest BCUT2D eigenvalue weighted by atomic mass is 10.0. The van der Waals surface area contributed by atoms with Gasteiger partial charge >= 0.3 is 0 Å². The van der Waals surface area contributed by atoms with Crippen molar-refractivity contribution in [2.45, 2.75) is 31.7 Å². The van der Waals surface area contributed by atoms with Crippen LogP contribution in [0.15, 0.2) is 59.6 Å². The van der Waals surface area contributed by atoms with Gasteiger partial charge in [-0.15, -0.1) is 10.2 Å². The Morgan fingerprint density at radius 3 is 2.32 bits per heavy atom. The first kappa shape index (κ1) is 19.5. The van der Waals surface area contributed by atoms with E-state index in [1.807, 2.05) is 36.4 Å². The first-order valence-electron chi connectivity index (χ1n) is 10.4. The summed E-state index contributed by atoms with van der Waals surface area (Å²) in [5, 5.41) is 8.48. The van der Waals surface area contributed by atoms with Gasteiger partial charge in [0.05, 0.1) is 17.3 Å². The number of aromatic nitrogens is 2. The van der Waals surface area contributed by atoms with Crippen LogP contribution in [0, 0.1) is 11.6 Å². The number of anilines is 1. The number of benzene rings is 2. The first-order chi connectivity index (χ1) is 15.1. The Morgan fingerprint density at radius 2 is 1.68 bits per heavy atom. The number of hydrogen-bond acceptors (Lipinski definition) is 4. The summed E-state index contributed by atoms with van der Waals surface area (Å²) < 4.78 is 28.1. The second-order valence-corrected chi connectivity index (χ2v) is 7.77. The predicted molar refractivity (Wildman–Crippen MR) is 114 cm³/mol. The minimum Gasteiger partial charge on any atom is -0.295 e. The predicted octanol–water partition coefficient (Wildman–Crippen LogP) is 4.87. The van der Waals surface area contributed by atoms with Crippen molar-refractivity contribution in [3.63, 3.8) is 0 Å². The number of halogens is 2. The molecule has 1 amide bonds. The third kappa shape index (κ3) is 3.71. The van der Waals surface area contributed by atoms with Crippen LogP contribution < -0.4 is 4.90 Å². The third-order valence-corrected chi connectivity index (χ3v) is 5.81. The molecule has 3 heterocycles. The SMILES string of the molecule is O=C1CCCN1c1ccc(-c2ccc(C3CCC(c4c(F)cccc4F)=N3)cc2)nn1. The molecule has 1 fully saturated rings. The first-order valence-corrected chi connectivity index (χ1v) is 10.4. The molecule has 1 saturated heterocycles. The summed E-state index contributed by atoms with van der Waals surface area (Å²) in [6, 6.07) is 15.2. The van der Waals surface area contributed by atoms with Crippen molar-refractivity contribution in [1.29, 1.82) is 0 Å². The van der Waals surface area contributed by atoms with Crippen LogP contribution >= 0.6 is 0 Å². The van der Waals surface area contributed by atoms with Crippen molar-refractivity contribution in [3.05, 3.63) is 77.4 Å². The Morgan fingerprint density at radius 1 is 0.903 bits per heavy atom. The van der Waals surface area contributed by atoms with E-state index in [-0.39, 0.29) is 17.5 Å². The molecule has 0 N–H and O–H groups in total. The fraction of sp³-hybridized carbons (Fsp3) is 0.250. The number of amides is 1. The van der Waals surface area contributed by atoms with Crippen LogP contribution in [0.25, 0.3) is 11.3 Å². The van der Waals surface area contributed by atoms with E-state index in [0.717, 1.165) is 17.5 Å². The summed E-state index contributed by atoms with van der Waals surface area (Å²) in [5.74, 6) is -0.492. The van der Waals surface area contributed by atoms with Crippen molar-refractivity contribution < 1.29 is 13.6 Å². The smallest absolute Gasteiger partial charge is 0.228 e. The summed E-state index contributed by atoms with van der Waals surface area (Å²) in [6.07, 6.45) is 2.64. The maximum Gasteiger partial charge on any atom is 0.228 e. The molecule has 3 aromatic rings. The summed E-state index contributed by atoms with van der Waals surface area (Å²) >= 11 is 0. The number of hydrogen-bond donors (Lipinski definition) is 0. The Balaban J connectivity index is 1.34. The van der Waals surface area contributed by atoms with Crippen LogP contribution in [0.3, 0.4) is 0 Å². The minimum absolute atomic E-state index is 0.0199. The molecule has 2 aromatic carbocycles. The van der Waals surface area contributed by atoms with Gasteiger partial charge in [0.1, 0.15) is 11.6 Å². The molecule has 0 spiro atoms. The molecule has 1 atom stereocenters. The Labute approximate surface area is 178 Å². The molecule has 1 aromatic heterocycles. The lowest BCUT2D eigenvalue weighted by Crippen LogP contribution is -2.24. The highest BCUT2D eigenvalue weighted by Gasteiger charge is 2.25. The average Bonchev–Trinajstić information content (AvgIpc) is 3.43. The van der Waals surface area contributed by atoms with E-state index in [1.54, 1.807) is 4.90 Å². The monoisotopic (exact) mass is 418 g/mol. The Kier molecular flexibility index (Phi) is 5.02. The topological polar surface area (TPSA) is 58.5 Å². The highest BCUT2D eigenvalue weighted by molar-refractivity contribution is 6.02. The van der Waals surface area contributed by atoms with Gasteiger partial charge in [-0.05, 0) is 49.1 Å². The maximum absolute atomic E-state index is 14.1. The number of aliphatic imine (C=N–C) groups is 1. The lowest BCUT2D eigenvalue weighted by molar-refractivity contribution is -0.117. The van der Waals surface area contributed by atoms with Crippen LogP contribution in [0.5, 0.6) is 0 Å². The Hall–Kier alpha value is -3.48. The molecule has 5 rings (SSSR count). The molecule has 2 aliphatic rings. The van der Waals surface area contributed by atoms with E-state index in [9.17, 15) is 13.6 Å². The zero-order valence-corrected chi connectivity index (χ0v) is 16.8. The zero-order valence-electron chi connectivity index (χ0n) is 16.8. The highest BCUT2D eigenvalue weighted by Crippen LogP contribution is 2.33. The molecule has 0 aliphatic carbocycles. The number of carbonyl (C=O) groups is 1. The molecule has 0 bridgehead atoms. The van der Waals surface area contributed by atoms with Crippen LogP contribution in [0.2, 0.25) is 0 Å². The third-order valence-electron chi connectivity index (χ3n) is 5.81. The quantitative estimate of drug-likeness (QED) is 0.607. The summed E-state index contributed by atoms with van der Waals surface area (Å²) in [7, 11) is 0. The maximum atomic E-state index is 14.1. The van der Waals surface area contributed by atoms with E-state index >= 15 is 0 Å². The van der Waals surface area contributed by atoms with Gasteiger partial charge in [0.25, 0.3) is 0 Å². The molecule has 7 heteroatoms. The van der Waals surface area contributed by atoms with E-state index in [2.05, 4.69) is 15.2 Å². The number of rotatable bonds is 4. The van der Waals surface area contributed by atoms with Crippen LogP contribution in [0.4, 0.5) is 14.6 Å². The fourth-order valence-corrected chi connectivity index (χ4v) is 4.18. The van der Waals surface area contributed by atoms with Crippen molar-refractivity contribution in [2.24, 2.45) is 4.99 Å². The summed E-state index contributed by atoms with van der Waals surface area (Å²) in [5.41, 5.74) is 3.06. The molecular weight excluding hydrogens is 398 g/mol. The number of nitrogens with zero attached hydrogens (tertiary/aromatic N) is 4. The largest absolute Gasteiger partial charge is 0.295 e. The molecular formula is C24H20F2N4O. The molecule has 1 unspecified atom stereocenters. The van der Waals surface area contributed by atoms with Gasteiger partial charge in [-0.25, -0.2) is 8.78 Å². The van der Waals surface area contributed by atoms with Crippen LogP contribution in [-0.4, -0.2) is 28.4 Å². The van der Waals surface area contributed by atoms with Gasteiger partial charge in [0, 0.05) is 24.2 Å². The van der Waals surface area contributed by atoms with Crippen molar-refractivity contribution in [3.8, 4) is 11.3 Å². The molecule has 31 heavy (non-hydrogen) atoms. The normalized spacial score (nSPS) is 18.5. The van der Waals surface area contributed by atoms with Gasteiger partial charge < -0.3 is 0 Å². The highest BCUT2D eigenvalue weighted by atomic mass is 19.1. The minimum atomic E-state index is -0.576. The second kappa shape index (κ2) is 7.98. The molecule has 5 nitrogen and oxygen atoms in total. The summed E-state index contributed by atoms with van der Waals surface area (Å²) in [6.45, 7) is 0.683. The van der Waals surface area contributed by atoms with E-state index < -0.39 is 11.6 Å². The van der Waals surface area contributed by atoms with E-state index in [1.165, 1.54) is 18.2 Å². The van der Waals surface area contributed by atoms with Crippen molar-refractivity contribution >= 4 is 17.4 Å². The van der Waals surface area contributed by atoms with E-state index in [4.69, 9.17) is 0 Å².